The number of carbonyl (C=O) groups is 1. The number of aryl methyl sites for hydroxylation is 2. The minimum absolute atomic E-state index is 0.0298. The molecule has 0 saturated carbocycles. The second kappa shape index (κ2) is 11.8. The van der Waals surface area contributed by atoms with Crippen LogP contribution in [-0.4, -0.2) is 23.9 Å². The zero-order valence-electron chi connectivity index (χ0n) is 21.7. The highest BCUT2D eigenvalue weighted by Crippen LogP contribution is 2.24. The lowest BCUT2D eigenvalue weighted by Gasteiger charge is -2.11. The van der Waals surface area contributed by atoms with Crippen molar-refractivity contribution in [3.63, 3.8) is 0 Å². The van der Waals surface area contributed by atoms with Crippen LogP contribution in [0.2, 0.25) is 5.02 Å². The van der Waals surface area contributed by atoms with Crippen LogP contribution in [0.25, 0.3) is 11.0 Å². The van der Waals surface area contributed by atoms with Crippen molar-refractivity contribution < 1.29 is 13.2 Å². The SMILES string of the molecule is CCCCCC#Cc1ccc(Cn2c(C)nc3ccc(C(=O)NS(=O)(=O)c4ccc(C)cc4)cc32)c(Cl)c1. The van der Waals surface area contributed by atoms with E-state index in [2.05, 4.69) is 28.5 Å². The number of aromatic nitrogens is 2. The van der Waals surface area contributed by atoms with E-state index in [0.29, 0.717) is 22.6 Å². The van der Waals surface area contributed by atoms with E-state index in [4.69, 9.17) is 11.6 Å². The molecule has 4 rings (SSSR count). The molecule has 0 aliphatic rings. The first-order chi connectivity index (χ1) is 18.2. The molecule has 0 aliphatic carbocycles. The van der Waals surface area contributed by atoms with Crippen LogP contribution in [0.5, 0.6) is 0 Å². The maximum absolute atomic E-state index is 12.9. The molecule has 4 aromatic rings. The largest absolute Gasteiger partial charge is 0.324 e. The topological polar surface area (TPSA) is 81.1 Å². The van der Waals surface area contributed by atoms with Crippen LogP contribution in [0.15, 0.2) is 65.6 Å². The predicted molar refractivity (Wildman–Crippen MR) is 152 cm³/mol. The second-order valence-corrected chi connectivity index (χ2v) is 11.4. The smallest absolute Gasteiger partial charge is 0.265 e. The van der Waals surface area contributed by atoms with Crippen molar-refractivity contribution >= 4 is 38.6 Å². The zero-order chi connectivity index (χ0) is 27.3. The van der Waals surface area contributed by atoms with E-state index >= 15 is 0 Å². The van der Waals surface area contributed by atoms with E-state index in [1.54, 1.807) is 30.3 Å². The first-order valence-electron chi connectivity index (χ1n) is 12.6. The molecular weight excluding hydrogens is 518 g/mol. The van der Waals surface area contributed by atoms with Gasteiger partial charge in [-0.25, -0.2) is 18.1 Å². The van der Waals surface area contributed by atoms with Crippen LogP contribution in [0.4, 0.5) is 0 Å². The maximum atomic E-state index is 12.9. The molecule has 0 radical (unpaired) electrons. The number of halogens is 1. The Morgan fingerprint density at radius 2 is 1.79 bits per heavy atom. The first kappa shape index (κ1) is 27.4. The number of nitrogens with zero attached hydrogens (tertiary/aromatic N) is 2. The summed E-state index contributed by atoms with van der Waals surface area (Å²) >= 11 is 6.60. The minimum atomic E-state index is -4.00. The maximum Gasteiger partial charge on any atom is 0.265 e. The number of carbonyl (C=O) groups excluding carboxylic acids is 1. The van der Waals surface area contributed by atoms with Gasteiger partial charge in [-0.15, -0.1) is 0 Å². The molecule has 8 heteroatoms. The molecule has 0 saturated heterocycles. The number of sulfonamides is 1. The molecular formula is C30H30ClN3O3S. The predicted octanol–water partition coefficient (Wildman–Crippen LogP) is 6.41. The fourth-order valence-corrected chi connectivity index (χ4v) is 5.31. The van der Waals surface area contributed by atoms with E-state index in [9.17, 15) is 13.2 Å². The summed E-state index contributed by atoms with van der Waals surface area (Å²) in [7, 11) is -4.00. The third-order valence-electron chi connectivity index (χ3n) is 6.28. The number of unbranched alkanes of at least 4 members (excludes halogenated alkanes) is 3. The van der Waals surface area contributed by atoms with Crippen molar-refractivity contribution in [1.29, 1.82) is 0 Å². The van der Waals surface area contributed by atoms with Gasteiger partial charge in [0.05, 0.1) is 22.5 Å². The summed E-state index contributed by atoms with van der Waals surface area (Å²) < 4.78 is 29.5. The molecule has 1 N–H and O–H groups in total. The van der Waals surface area contributed by atoms with E-state index in [0.717, 1.165) is 35.4 Å². The number of nitrogens with one attached hydrogen (secondary N) is 1. The average molecular weight is 548 g/mol. The van der Waals surface area contributed by atoms with Crippen LogP contribution in [0.3, 0.4) is 0 Å². The summed E-state index contributed by atoms with van der Waals surface area (Å²) in [6, 6.07) is 17.0. The van der Waals surface area contributed by atoms with E-state index in [1.165, 1.54) is 25.0 Å². The average Bonchev–Trinajstić information content (AvgIpc) is 3.19. The summed E-state index contributed by atoms with van der Waals surface area (Å²) in [5.41, 5.74) is 4.31. The Balaban J connectivity index is 1.56. The fraction of sp³-hybridized carbons (Fsp3) is 0.267. The highest BCUT2D eigenvalue weighted by atomic mass is 35.5. The first-order valence-corrected chi connectivity index (χ1v) is 14.4. The molecule has 0 spiro atoms. The van der Waals surface area contributed by atoms with Gasteiger partial charge in [0.2, 0.25) is 0 Å². The Labute approximate surface area is 229 Å². The highest BCUT2D eigenvalue weighted by Gasteiger charge is 2.20. The van der Waals surface area contributed by atoms with Gasteiger partial charge in [0.15, 0.2) is 0 Å². The Morgan fingerprint density at radius 1 is 1.03 bits per heavy atom. The molecule has 1 amide bonds. The summed E-state index contributed by atoms with van der Waals surface area (Å²) in [6.45, 7) is 6.36. The van der Waals surface area contributed by atoms with Gasteiger partial charge in [-0.05, 0) is 68.3 Å². The van der Waals surface area contributed by atoms with Gasteiger partial charge in [0.1, 0.15) is 5.82 Å². The van der Waals surface area contributed by atoms with Gasteiger partial charge < -0.3 is 4.57 Å². The van der Waals surface area contributed by atoms with Crippen LogP contribution in [0, 0.1) is 25.7 Å². The molecule has 0 fully saturated rings. The molecule has 0 unspecified atom stereocenters. The molecule has 1 heterocycles. The van der Waals surface area contributed by atoms with Crippen molar-refractivity contribution in [2.24, 2.45) is 0 Å². The van der Waals surface area contributed by atoms with Crippen LogP contribution in [0.1, 0.15) is 65.5 Å². The van der Waals surface area contributed by atoms with Crippen molar-refractivity contribution in [2.45, 2.75) is 57.9 Å². The number of fused-ring (bicyclic) bond motifs is 1. The number of benzene rings is 3. The van der Waals surface area contributed by atoms with Gasteiger partial charge in [0.25, 0.3) is 15.9 Å². The van der Waals surface area contributed by atoms with Gasteiger partial charge in [0, 0.05) is 22.6 Å². The van der Waals surface area contributed by atoms with E-state index in [1.807, 2.05) is 36.6 Å². The molecule has 0 aliphatic heterocycles. The van der Waals surface area contributed by atoms with Crippen molar-refractivity contribution in [3.05, 3.63) is 93.8 Å². The Morgan fingerprint density at radius 3 is 2.50 bits per heavy atom. The lowest BCUT2D eigenvalue weighted by molar-refractivity contribution is 0.0981. The van der Waals surface area contributed by atoms with Crippen LogP contribution in [-0.2, 0) is 16.6 Å². The normalized spacial score (nSPS) is 11.3. The van der Waals surface area contributed by atoms with Crippen LogP contribution < -0.4 is 4.72 Å². The van der Waals surface area contributed by atoms with Gasteiger partial charge in [-0.1, -0.05) is 67.0 Å². The summed E-state index contributed by atoms with van der Waals surface area (Å²) in [6.07, 6.45) is 4.32. The molecule has 0 atom stereocenters. The zero-order valence-corrected chi connectivity index (χ0v) is 23.3. The lowest BCUT2D eigenvalue weighted by Crippen LogP contribution is -2.30. The minimum Gasteiger partial charge on any atom is -0.324 e. The summed E-state index contributed by atoms with van der Waals surface area (Å²) in [5.74, 6) is 6.42. The summed E-state index contributed by atoms with van der Waals surface area (Å²) in [4.78, 5) is 17.5. The standard InChI is InChI=1S/C30H30ClN3O3S/c1-4-5-6-7-8-9-23-12-13-25(27(31)18-23)20-34-22(3)32-28-17-14-24(19-29(28)34)30(35)33-38(36,37)26-15-10-21(2)11-16-26/h10-19H,4-7,20H2,1-3H3,(H,33,35). The second-order valence-electron chi connectivity index (χ2n) is 9.26. The Bertz CT molecular complexity index is 1650. The van der Waals surface area contributed by atoms with Crippen LogP contribution >= 0.6 is 11.6 Å². The lowest BCUT2D eigenvalue weighted by atomic mass is 10.1. The van der Waals surface area contributed by atoms with E-state index in [-0.39, 0.29) is 10.5 Å². The molecule has 0 bridgehead atoms. The number of hydrogen-bond donors (Lipinski definition) is 1. The molecule has 3 aromatic carbocycles. The number of rotatable bonds is 8. The third kappa shape index (κ3) is 6.45. The number of imidazole rings is 1. The van der Waals surface area contributed by atoms with Crippen molar-refractivity contribution in [2.75, 3.05) is 0 Å². The third-order valence-corrected chi connectivity index (χ3v) is 7.98. The van der Waals surface area contributed by atoms with Crippen molar-refractivity contribution in [1.82, 2.24) is 14.3 Å². The Kier molecular flexibility index (Phi) is 8.55. The molecule has 38 heavy (non-hydrogen) atoms. The number of hydrogen-bond acceptors (Lipinski definition) is 4. The Hall–Kier alpha value is -3.60. The molecule has 6 nitrogen and oxygen atoms in total. The van der Waals surface area contributed by atoms with Gasteiger partial charge >= 0.3 is 0 Å². The van der Waals surface area contributed by atoms with E-state index < -0.39 is 15.9 Å². The van der Waals surface area contributed by atoms with Gasteiger partial charge in [-0.2, -0.15) is 0 Å². The monoisotopic (exact) mass is 547 g/mol. The quantitative estimate of drug-likeness (QED) is 0.204. The van der Waals surface area contributed by atoms with Crippen molar-refractivity contribution in [3.8, 4) is 11.8 Å². The summed E-state index contributed by atoms with van der Waals surface area (Å²) in [5, 5.41) is 0.602. The number of amides is 1. The highest BCUT2D eigenvalue weighted by molar-refractivity contribution is 7.90. The molecule has 1 aromatic heterocycles. The molecule has 196 valence electrons. The fourth-order valence-electron chi connectivity index (χ4n) is 4.09. The van der Waals surface area contributed by atoms with Gasteiger partial charge in [-0.3, -0.25) is 4.79 Å².